The van der Waals surface area contributed by atoms with E-state index >= 15 is 0 Å². The lowest BCUT2D eigenvalue weighted by atomic mass is 9.73. The molecular formula is C25H27N. The number of hydrogen-bond donors (Lipinski definition) is 1. The maximum atomic E-state index is 6.19. The zero-order valence-corrected chi connectivity index (χ0v) is 15.2. The zero-order valence-electron chi connectivity index (χ0n) is 15.2. The molecule has 3 aliphatic carbocycles. The Bertz CT molecular complexity index is 833. The molecule has 1 aromatic carbocycles. The number of benzene rings is 1. The van der Waals surface area contributed by atoms with Gasteiger partial charge in [-0.15, -0.1) is 0 Å². The third kappa shape index (κ3) is 3.45. The maximum Gasteiger partial charge on any atom is 0.0290 e. The van der Waals surface area contributed by atoms with E-state index in [-0.39, 0.29) is 6.04 Å². The fourth-order valence-electron chi connectivity index (χ4n) is 4.34. The van der Waals surface area contributed by atoms with Crippen molar-refractivity contribution in [2.75, 3.05) is 0 Å². The van der Waals surface area contributed by atoms with Crippen molar-refractivity contribution in [3.63, 3.8) is 0 Å². The van der Waals surface area contributed by atoms with Gasteiger partial charge < -0.3 is 5.73 Å². The fraction of sp³-hybridized carbons (Fsp3) is 0.280. The molecule has 1 heteroatoms. The van der Waals surface area contributed by atoms with Crippen LogP contribution in [0.3, 0.4) is 0 Å². The predicted molar refractivity (Wildman–Crippen MR) is 112 cm³/mol. The van der Waals surface area contributed by atoms with E-state index < -0.39 is 0 Å². The number of allylic oxidation sites excluding steroid dienone is 9. The summed E-state index contributed by atoms with van der Waals surface area (Å²) in [6, 6.07) is 8.99. The number of nitrogens with two attached hydrogens (primary N) is 1. The molecule has 0 fully saturated rings. The lowest BCUT2D eigenvalue weighted by Gasteiger charge is -2.31. The minimum absolute atomic E-state index is 0.141. The molecule has 1 nitrogen and oxygen atoms in total. The minimum Gasteiger partial charge on any atom is -0.324 e. The van der Waals surface area contributed by atoms with Gasteiger partial charge in [-0.05, 0) is 41.9 Å². The molecule has 26 heavy (non-hydrogen) atoms. The van der Waals surface area contributed by atoms with Gasteiger partial charge in [0.15, 0.2) is 0 Å². The van der Waals surface area contributed by atoms with Crippen molar-refractivity contribution in [2.24, 2.45) is 17.6 Å². The molecule has 4 atom stereocenters. The molecule has 1 aromatic rings. The fourth-order valence-corrected chi connectivity index (χ4v) is 4.34. The van der Waals surface area contributed by atoms with Gasteiger partial charge in [0, 0.05) is 17.9 Å². The Morgan fingerprint density at radius 2 is 1.73 bits per heavy atom. The second kappa shape index (κ2) is 7.47. The molecule has 3 aliphatic rings. The Morgan fingerprint density at radius 1 is 0.962 bits per heavy atom. The van der Waals surface area contributed by atoms with Crippen LogP contribution in [0.25, 0.3) is 5.57 Å². The van der Waals surface area contributed by atoms with Gasteiger partial charge in [0.2, 0.25) is 0 Å². The van der Waals surface area contributed by atoms with Crippen LogP contribution in [0.2, 0.25) is 0 Å². The molecule has 132 valence electrons. The Morgan fingerprint density at radius 3 is 2.62 bits per heavy atom. The van der Waals surface area contributed by atoms with Crippen molar-refractivity contribution in [3.8, 4) is 0 Å². The van der Waals surface area contributed by atoms with E-state index in [1.54, 1.807) is 0 Å². The smallest absolute Gasteiger partial charge is 0.0290 e. The van der Waals surface area contributed by atoms with Crippen LogP contribution in [0.5, 0.6) is 0 Å². The van der Waals surface area contributed by atoms with Crippen molar-refractivity contribution < 1.29 is 0 Å². The Balaban J connectivity index is 1.47. The van der Waals surface area contributed by atoms with Gasteiger partial charge in [-0.25, -0.2) is 0 Å². The first kappa shape index (κ1) is 17.1. The lowest BCUT2D eigenvalue weighted by molar-refractivity contribution is 0.525. The summed E-state index contributed by atoms with van der Waals surface area (Å²) in [6.07, 6.45) is 23.0. The molecule has 2 N–H and O–H groups in total. The van der Waals surface area contributed by atoms with Crippen LogP contribution in [0, 0.1) is 11.8 Å². The summed E-state index contributed by atoms with van der Waals surface area (Å²) in [4.78, 5) is 0. The molecule has 0 radical (unpaired) electrons. The van der Waals surface area contributed by atoms with Crippen molar-refractivity contribution in [2.45, 2.75) is 31.2 Å². The van der Waals surface area contributed by atoms with Gasteiger partial charge in [0.1, 0.15) is 0 Å². The van der Waals surface area contributed by atoms with Crippen LogP contribution in [-0.4, -0.2) is 6.04 Å². The van der Waals surface area contributed by atoms with Crippen LogP contribution >= 0.6 is 0 Å². The van der Waals surface area contributed by atoms with E-state index in [0.29, 0.717) is 17.8 Å². The summed E-state index contributed by atoms with van der Waals surface area (Å²) in [6.45, 7) is 4.38. The highest BCUT2D eigenvalue weighted by Gasteiger charge is 2.27. The molecule has 0 saturated heterocycles. The van der Waals surface area contributed by atoms with E-state index in [4.69, 9.17) is 5.73 Å². The van der Waals surface area contributed by atoms with Crippen molar-refractivity contribution >= 4 is 5.57 Å². The van der Waals surface area contributed by atoms with E-state index in [1.165, 1.54) is 22.3 Å². The van der Waals surface area contributed by atoms with Gasteiger partial charge in [0.25, 0.3) is 0 Å². The summed E-state index contributed by atoms with van der Waals surface area (Å²) in [5, 5.41) is 0. The second-order valence-electron chi connectivity index (χ2n) is 7.63. The van der Waals surface area contributed by atoms with Gasteiger partial charge in [0.05, 0.1) is 0 Å². The second-order valence-corrected chi connectivity index (χ2v) is 7.63. The Labute approximate surface area is 157 Å². The van der Waals surface area contributed by atoms with Crippen LogP contribution in [0.4, 0.5) is 0 Å². The first-order valence-corrected chi connectivity index (χ1v) is 9.64. The summed E-state index contributed by atoms with van der Waals surface area (Å²) in [7, 11) is 0. The maximum absolute atomic E-state index is 6.19. The monoisotopic (exact) mass is 341 g/mol. The number of rotatable bonds is 5. The highest BCUT2D eigenvalue weighted by molar-refractivity contribution is 5.74. The van der Waals surface area contributed by atoms with E-state index in [1.807, 2.05) is 6.08 Å². The first-order valence-electron chi connectivity index (χ1n) is 9.64. The average molecular weight is 341 g/mol. The minimum atomic E-state index is 0.141. The number of fused-ring (bicyclic) bond motifs is 3. The van der Waals surface area contributed by atoms with Gasteiger partial charge in [-0.2, -0.15) is 0 Å². The standard InChI is InChI=1S/C25H27N/c1-18(14-15-19-8-3-7-13-25(19)26)16-21-17-20-9-2-4-10-22(20)24-12-6-5-11-23(21)24/h2-13,17,19-20,22,25H,1,14-16,26H2. The van der Waals surface area contributed by atoms with Gasteiger partial charge >= 0.3 is 0 Å². The van der Waals surface area contributed by atoms with E-state index in [2.05, 4.69) is 79.5 Å². The molecule has 0 spiro atoms. The lowest BCUT2D eigenvalue weighted by Crippen LogP contribution is -2.27. The van der Waals surface area contributed by atoms with Crippen LogP contribution in [0.1, 0.15) is 36.3 Å². The Hall–Kier alpha value is -2.38. The van der Waals surface area contributed by atoms with Crippen molar-refractivity contribution in [1.29, 1.82) is 0 Å². The third-order valence-corrected chi connectivity index (χ3v) is 5.81. The molecule has 0 heterocycles. The predicted octanol–water partition coefficient (Wildman–Crippen LogP) is 5.71. The summed E-state index contributed by atoms with van der Waals surface area (Å²) in [5.41, 5.74) is 11.8. The summed E-state index contributed by atoms with van der Waals surface area (Å²) < 4.78 is 0. The van der Waals surface area contributed by atoms with Gasteiger partial charge in [-0.1, -0.05) is 91.1 Å². The van der Waals surface area contributed by atoms with Crippen LogP contribution < -0.4 is 5.73 Å². The molecular weight excluding hydrogens is 314 g/mol. The van der Waals surface area contributed by atoms with E-state index in [9.17, 15) is 0 Å². The largest absolute Gasteiger partial charge is 0.324 e. The first-order chi connectivity index (χ1) is 12.7. The molecule has 0 aliphatic heterocycles. The molecule has 0 amide bonds. The molecule has 4 unspecified atom stereocenters. The zero-order chi connectivity index (χ0) is 17.9. The summed E-state index contributed by atoms with van der Waals surface area (Å²) in [5.74, 6) is 1.38. The number of hydrogen-bond acceptors (Lipinski definition) is 1. The highest BCUT2D eigenvalue weighted by atomic mass is 14.6. The van der Waals surface area contributed by atoms with Crippen LogP contribution in [-0.2, 0) is 0 Å². The third-order valence-electron chi connectivity index (χ3n) is 5.81. The quantitative estimate of drug-likeness (QED) is 0.683. The molecule has 0 saturated carbocycles. The normalized spacial score (nSPS) is 28.4. The topological polar surface area (TPSA) is 26.0 Å². The van der Waals surface area contributed by atoms with Gasteiger partial charge in [-0.3, -0.25) is 0 Å². The SMILES string of the molecule is C=C(CCC1C=CC=CC1N)CC1=CC2C=CC=CC2c2ccccc21. The molecule has 0 aromatic heterocycles. The van der Waals surface area contributed by atoms with Crippen molar-refractivity contribution in [1.82, 2.24) is 0 Å². The average Bonchev–Trinajstić information content (AvgIpc) is 2.67. The highest BCUT2D eigenvalue weighted by Crippen LogP contribution is 2.43. The van der Waals surface area contributed by atoms with Crippen LogP contribution in [0.15, 0.2) is 91.1 Å². The molecule has 0 bridgehead atoms. The molecule has 4 rings (SSSR count). The van der Waals surface area contributed by atoms with E-state index in [0.717, 1.165) is 19.3 Å². The summed E-state index contributed by atoms with van der Waals surface area (Å²) >= 11 is 0. The van der Waals surface area contributed by atoms with Crippen molar-refractivity contribution in [3.05, 3.63) is 102 Å². The Kier molecular flexibility index (Phi) is 4.90.